The largest absolute Gasteiger partial charge is 0.420 e. The number of hydrogen-bond donors (Lipinski definition) is 0. The van der Waals surface area contributed by atoms with E-state index in [0.717, 1.165) is 6.61 Å². The first-order valence-corrected chi connectivity index (χ1v) is 9.98. The minimum atomic E-state index is -0.672. The van der Waals surface area contributed by atoms with Crippen molar-refractivity contribution in [1.29, 1.82) is 0 Å². The van der Waals surface area contributed by atoms with Crippen LogP contribution in [0, 0.1) is 0 Å². The molecule has 0 spiro atoms. The van der Waals surface area contributed by atoms with Crippen LogP contribution in [0.15, 0.2) is 0 Å². The molecular formula is C9H18OSi2. The van der Waals surface area contributed by atoms with Crippen LogP contribution < -0.4 is 0 Å². The normalized spacial score (nSPS) is 31.2. The standard InChI is InChI=1S/C9H18OSi2/c1-9-5-4-7-11(9)12-8-3-2-6-10-12/h12H,2-8H2,1H3. The predicted molar refractivity (Wildman–Crippen MR) is 57.6 cm³/mol. The Morgan fingerprint density at radius 3 is 2.83 bits per heavy atom. The van der Waals surface area contributed by atoms with E-state index in [0.29, 0.717) is 0 Å². The van der Waals surface area contributed by atoms with Crippen molar-refractivity contribution in [2.75, 3.05) is 6.61 Å². The highest BCUT2D eigenvalue weighted by Gasteiger charge is 2.25. The molecule has 0 aromatic rings. The quantitative estimate of drug-likeness (QED) is 0.582. The van der Waals surface area contributed by atoms with Crippen molar-refractivity contribution in [2.24, 2.45) is 0 Å². The molecule has 1 saturated heterocycles. The van der Waals surface area contributed by atoms with E-state index in [2.05, 4.69) is 6.92 Å². The lowest BCUT2D eigenvalue weighted by Crippen LogP contribution is -2.36. The van der Waals surface area contributed by atoms with Crippen molar-refractivity contribution in [2.45, 2.75) is 44.7 Å². The second-order valence-corrected chi connectivity index (χ2v) is 12.3. The fourth-order valence-electron chi connectivity index (χ4n) is 2.37. The van der Waals surface area contributed by atoms with Gasteiger partial charge in [-0.25, -0.2) is 0 Å². The minimum absolute atomic E-state index is 0.0572. The highest BCUT2D eigenvalue weighted by atomic mass is 29.2. The molecule has 2 aliphatic rings. The zero-order chi connectivity index (χ0) is 8.39. The molecule has 0 aliphatic carbocycles. The van der Waals surface area contributed by atoms with Crippen LogP contribution in [-0.4, -0.2) is 28.3 Å². The van der Waals surface area contributed by atoms with Crippen molar-refractivity contribution in [3.05, 3.63) is 0 Å². The van der Waals surface area contributed by atoms with Crippen molar-refractivity contribution in [3.63, 3.8) is 0 Å². The molecule has 0 aromatic heterocycles. The van der Waals surface area contributed by atoms with E-state index in [4.69, 9.17) is 4.43 Å². The topological polar surface area (TPSA) is 9.23 Å². The Balaban J connectivity index is 2.02. The first-order chi connectivity index (χ1) is 5.88. The van der Waals surface area contributed by atoms with Gasteiger partial charge in [0.05, 0.1) is 0 Å². The van der Waals surface area contributed by atoms with Crippen molar-refractivity contribution >= 4 is 21.7 Å². The lowest BCUT2D eigenvalue weighted by Gasteiger charge is -2.22. The van der Waals surface area contributed by atoms with E-state index in [1.54, 1.807) is 6.04 Å². The molecule has 68 valence electrons. The van der Waals surface area contributed by atoms with Crippen LogP contribution in [0.1, 0.15) is 32.6 Å². The van der Waals surface area contributed by atoms with Crippen molar-refractivity contribution in [1.82, 2.24) is 0 Å². The van der Waals surface area contributed by atoms with E-state index >= 15 is 0 Å². The molecule has 1 fully saturated rings. The van der Waals surface area contributed by atoms with Crippen LogP contribution in [0.3, 0.4) is 0 Å². The van der Waals surface area contributed by atoms with Gasteiger partial charge < -0.3 is 4.43 Å². The summed E-state index contributed by atoms with van der Waals surface area (Å²) in [5, 5.41) is 1.86. The van der Waals surface area contributed by atoms with E-state index in [-0.39, 0.29) is 7.93 Å². The van der Waals surface area contributed by atoms with Crippen LogP contribution in [0.2, 0.25) is 12.1 Å². The average molecular weight is 198 g/mol. The molecule has 12 heavy (non-hydrogen) atoms. The van der Waals surface area contributed by atoms with E-state index < -0.39 is 8.56 Å². The highest BCUT2D eigenvalue weighted by molar-refractivity contribution is 7.22. The fourth-order valence-corrected chi connectivity index (χ4v) is 12.8. The summed E-state index contributed by atoms with van der Waals surface area (Å²) in [6.07, 6.45) is 5.71. The summed E-state index contributed by atoms with van der Waals surface area (Å²) in [5.74, 6) is 0. The van der Waals surface area contributed by atoms with Crippen molar-refractivity contribution in [3.8, 4) is 0 Å². The molecule has 1 unspecified atom stereocenters. The fraction of sp³-hybridized carbons (Fsp3) is 0.889. The maximum Gasteiger partial charge on any atom is 0.181 e. The summed E-state index contributed by atoms with van der Waals surface area (Å²) in [7, 11) is -0.729. The Bertz CT molecular complexity index is 195. The van der Waals surface area contributed by atoms with E-state index in [1.807, 2.05) is 5.17 Å². The van der Waals surface area contributed by atoms with Gasteiger partial charge in [0.1, 0.15) is 0 Å². The Labute approximate surface area is 77.9 Å². The van der Waals surface area contributed by atoms with Crippen molar-refractivity contribution < 1.29 is 4.43 Å². The molecule has 1 nitrogen and oxygen atoms in total. The number of hydrogen-bond acceptors (Lipinski definition) is 1. The molecule has 0 N–H and O–H groups in total. The van der Waals surface area contributed by atoms with Gasteiger partial charge in [0.25, 0.3) is 0 Å². The van der Waals surface area contributed by atoms with Gasteiger partial charge >= 0.3 is 0 Å². The molecule has 2 aliphatic heterocycles. The second-order valence-electron chi connectivity index (χ2n) is 4.01. The SMILES string of the molecule is CC1=[Si]([SiH]2CCCCO2)CCC1. The maximum atomic E-state index is 6.00. The zero-order valence-corrected chi connectivity index (χ0v) is 10.1. The van der Waals surface area contributed by atoms with Crippen LogP contribution in [0.4, 0.5) is 0 Å². The molecule has 2 rings (SSSR count). The smallest absolute Gasteiger partial charge is 0.181 e. The molecule has 0 amide bonds. The average Bonchev–Trinajstić information content (AvgIpc) is 2.53. The first-order valence-electron chi connectivity index (χ1n) is 5.18. The minimum Gasteiger partial charge on any atom is -0.420 e. The molecule has 3 heteroatoms. The third-order valence-electron chi connectivity index (χ3n) is 3.11. The van der Waals surface area contributed by atoms with Gasteiger partial charge in [0.2, 0.25) is 0 Å². The lowest BCUT2D eigenvalue weighted by atomic mass is 10.3. The van der Waals surface area contributed by atoms with Crippen LogP contribution in [0.25, 0.3) is 0 Å². The number of rotatable bonds is 1. The van der Waals surface area contributed by atoms with Gasteiger partial charge in [-0.15, -0.1) is 0 Å². The lowest BCUT2D eigenvalue weighted by molar-refractivity contribution is 0.298. The second kappa shape index (κ2) is 3.98. The van der Waals surface area contributed by atoms with Crippen LogP contribution in [-0.2, 0) is 4.43 Å². The molecule has 1 atom stereocenters. The zero-order valence-electron chi connectivity index (χ0n) is 7.94. The van der Waals surface area contributed by atoms with Gasteiger partial charge in [-0.05, 0) is 38.3 Å². The first kappa shape index (κ1) is 8.84. The van der Waals surface area contributed by atoms with Crippen LogP contribution in [0.5, 0.6) is 0 Å². The van der Waals surface area contributed by atoms with Gasteiger partial charge in [-0.3, -0.25) is 0 Å². The monoisotopic (exact) mass is 198 g/mol. The third kappa shape index (κ3) is 1.78. The Kier molecular flexibility index (Phi) is 2.93. The summed E-state index contributed by atoms with van der Waals surface area (Å²) in [6, 6.07) is 3.04. The summed E-state index contributed by atoms with van der Waals surface area (Å²) < 4.78 is 6.00. The van der Waals surface area contributed by atoms with Gasteiger partial charge in [0, 0.05) is 14.5 Å². The molecular weight excluding hydrogens is 180 g/mol. The Morgan fingerprint density at radius 2 is 2.25 bits per heavy atom. The Hall–Kier alpha value is 0.264. The third-order valence-corrected chi connectivity index (χ3v) is 13.7. The molecule has 2 heterocycles. The molecule has 0 bridgehead atoms. The predicted octanol–water partition coefficient (Wildman–Crippen LogP) is 1.66. The van der Waals surface area contributed by atoms with Gasteiger partial charge in [0.15, 0.2) is 8.56 Å². The Morgan fingerprint density at radius 1 is 1.33 bits per heavy atom. The summed E-state index contributed by atoms with van der Waals surface area (Å²) in [5.41, 5.74) is 0. The van der Waals surface area contributed by atoms with Gasteiger partial charge in [-0.2, -0.15) is 0 Å². The highest BCUT2D eigenvalue weighted by Crippen LogP contribution is 2.18. The molecule has 0 saturated carbocycles. The van der Waals surface area contributed by atoms with E-state index in [9.17, 15) is 0 Å². The van der Waals surface area contributed by atoms with Crippen LogP contribution >= 0.6 is 0 Å². The van der Waals surface area contributed by atoms with E-state index in [1.165, 1.54) is 31.7 Å². The summed E-state index contributed by atoms with van der Waals surface area (Å²) in [6.45, 7) is 3.49. The molecule has 0 aromatic carbocycles. The summed E-state index contributed by atoms with van der Waals surface area (Å²) >= 11 is 0. The van der Waals surface area contributed by atoms with Gasteiger partial charge in [-0.1, -0.05) is 11.6 Å². The molecule has 0 radical (unpaired) electrons. The maximum absolute atomic E-state index is 6.00. The summed E-state index contributed by atoms with van der Waals surface area (Å²) in [4.78, 5) is 0.